The van der Waals surface area contributed by atoms with E-state index in [0.717, 1.165) is 31.8 Å². The van der Waals surface area contributed by atoms with Gasteiger partial charge in [0.05, 0.1) is 23.5 Å². The van der Waals surface area contributed by atoms with Crippen LogP contribution in [-0.2, 0) is 14.1 Å². The molecule has 2 aromatic heterocycles. The lowest BCUT2D eigenvalue weighted by molar-refractivity contribution is 0.906. The summed E-state index contributed by atoms with van der Waals surface area (Å²) >= 11 is 7.61. The molecular weight excluding hydrogens is 464 g/mol. The molecule has 0 radical (unpaired) electrons. The summed E-state index contributed by atoms with van der Waals surface area (Å²) in [4.78, 5) is 18.4. The third-order valence-electron chi connectivity index (χ3n) is 5.21. The van der Waals surface area contributed by atoms with Gasteiger partial charge in [-0.3, -0.25) is 4.79 Å². The van der Waals surface area contributed by atoms with Crippen LogP contribution in [0.2, 0.25) is 5.02 Å². The number of rotatable bonds is 3. The van der Waals surface area contributed by atoms with E-state index in [1.54, 1.807) is 48.0 Å². The van der Waals surface area contributed by atoms with E-state index in [1.165, 1.54) is 0 Å². The highest BCUT2D eigenvalue weighted by Gasteiger charge is 2.11. The molecule has 5 nitrogen and oxygen atoms in total. The van der Waals surface area contributed by atoms with Crippen LogP contribution in [0.15, 0.2) is 106 Å². The van der Waals surface area contributed by atoms with E-state index in [4.69, 9.17) is 11.6 Å². The van der Waals surface area contributed by atoms with Crippen LogP contribution < -0.4 is 5.56 Å². The van der Waals surface area contributed by atoms with Crippen LogP contribution in [0.4, 0.5) is 0 Å². The summed E-state index contributed by atoms with van der Waals surface area (Å²) in [5.41, 5.74) is 3.02. The van der Waals surface area contributed by atoms with E-state index in [-0.39, 0.29) is 5.56 Å². The summed E-state index contributed by atoms with van der Waals surface area (Å²) in [7, 11) is 3.71. The van der Waals surface area contributed by atoms with Crippen LogP contribution in [-0.4, -0.2) is 14.1 Å². The van der Waals surface area contributed by atoms with Crippen molar-refractivity contribution in [3.8, 4) is 17.2 Å². The predicted molar refractivity (Wildman–Crippen MR) is 138 cm³/mol. The molecule has 0 N–H and O–H groups in total. The standard InChI is InChI=1S/C23H15ClN2OS.C4H6N2/c1-26-22-10-9-19(28-18-7-5-17(24)6-8-18)12-21(22)20(13-23(26)27)16-4-2-3-15(11-16)14-25;1-6-3-2-5-4-6/h2-13H,1H3;2-4H,1H3. The number of halogens is 1. The Kier molecular flexibility index (Phi) is 7.17. The highest BCUT2D eigenvalue weighted by atomic mass is 35.5. The van der Waals surface area contributed by atoms with Gasteiger partial charge in [-0.1, -0.05) is 35.5 Å². The second kappa shape index (κ2) is 10.4. The molecule has 0 saturated carbocycles. The summed E-state index contributed by atoms with van der Waals surface area (Å²) in [5, 5.41) is 10.9. The van der Waals surface area contributed by atoms with Crippen molar-refractivity contribution < 1.29 is 0 Å². The molecule has 0 aliphatic heterocycles. The molecular formula is C27H21ClN4OS. The lowest BCUT2D eigenvalue weighted by Gasteiger charge is -2.12. The van der Waals surface area contributed by atoms with Crippen molar-refractivity contribution in [3.63, 3.8) is 0 Å². The van der Waals surface area contributed by atoms with Gasteiger partial charge in [-0.15, -0.1) is 0 Å². The minimum Gasteiger partial charge on any atom is -0.341 e. The molecule has 0 unspecified atom stereocenters. The Morgan fingerprint density at radius 3 is 2.38 bits per heavy atom. The van der Waals surface area contributed by atoms with E-state index >= 15 is 0 Å². The second-order valence-corrected chi connectivity index (χ2v) is 9.19. The Balaban J connectivity index is 0.000000398. The Bertz CT molecular complexity index is 1530. The largest absolute Gasteiger partial charge is 0.341 e. The Hall–Kier alpha value is -3.79. The van der Waals surface area contributed by atoms with Gasteiger partial charge in [0.25, 0.3) is 5.56 Å². The van der Waals surface area contributed by atoms with Crippen molar-refractivity contribution in [2.75, 3.05) is 0 Å². The van der Waals surface area contributed by atoms with Crippen molar-refractivity contribution in [1.29, 1.82) is 5.26 Å². The van der Waals surface area contributed by atoms with Crippen LogP contribution in [0.25, 0.3) is 22.0 Å². The molecule has 0 amide bonds. The fourth-order valence-electron chi connectivity index (χ4n) is 3.46. The van der Waals surface area contributed by atoms with Crippen molar-refractivity contribution in [2.24, 2.45) is 14.1 Å². The van der Waals surface area contributed by atoms with Crippen molar-refractivity contribution >= 4 is 34.3 Å². The van der Waals surface area contributed by atoms with Crippen molar-refractivity contribution in [2.45, 2.75) is 9.79 Å². The first-order chi connectivity index (χ1) is 16.4. The summed E-state index contributed by atoms with van der Waals surface area (Å²) in [5.74, 6) is 0. The maximum Gasteiger partial charge on any atom is 0.251 e. The minimum atomic E-state index is -0.0806. The van der Waals surface area contributed by atoms with Gasteiger partial charge in [0.1, 0.15) is 0 Å². The average Bonchev–Trinajstić information content (AvgIpc) is 3.34. The highest BCUT2D eigenvalue weighted by molar-refractivity contribution is 7.99. The van der Waals surface area contributed by atoms with E-state index in [2.05, 4.69) is 17.1 Å². The van der Waals surface area contributed by atoms with Gasteiger partial charge in [-0.05, 0) is 65.7 Å². The molecule has 0 atom stereocenters. The van der Waals surface area contributed by atoms with Gasteiger partial charge in [-0.25, -0.2) is 4.98 Å². The summed E-state index contributed by atoms with van der Waals surface area (Å²) in [6.07, 6.45) is 5.39. The molecule has 0 aliphatic carbocycles. The molecule has 168 valence electrons. The van der Waals surface area contributed by atoms with E-state index < -0.39 is 0 Å². The SMILES string of the molecule is Cn1c(=O)cc(-c2cccc(C#N)c2)c2cc(Sc3ccc(Cl)cc3)ccc21.Cn1ccnc1. The van der Waals surface area contributed by atoms with Crippen LogP contribution in [0, 0.1) is 11.3 Å². The average molecular weight is 485 g/mol. The number of nitrogens with zero attached hydrogens (tertiary/aromatic N) is 4. The maximum absolute atomic E-state index is 12.5. The normalized spacial score (nSPS) is 10.4. The zero-order valence-electron chi connectivity index (χ0n) is 18.6. The molecule has 0 spiro atoms. The Morgan fingerprint density at radius 1 is 0.971 bits per heavy atom. The third kappa shape index (κ3) is 5.40. The lowest BCUT2D eigenvalue weighted by atomic mass is 9.99. The number of imidazole rings is 1. The molecule has 5 rings (SSSR count). The van der Waals surface area contributed by atoms with Crippen LogP contribution in [0.3, 0.4) is 0 Å². The minimum absolute atomic E-state index is 0.0806. The Labute approximate surface area is 206 Å². The molecule has 7 heteroatoms. The van der Waals surface area contributed by atoms with E-state index in [9.17, 15) is 10.1 Å². The number of hydrogen-bond donors (Lipinski definition) is 0. The predicted octanol–water partition coefficient (Wildman–Crippen LogP) is 6.30. The molecule has 0 fully saturated rings. The quantitative estimate of drug-likeness (QED) is 0.301. The van der Waals surface area contributed by atoms with Crippen LogP contribution in [0.1, 0.15) is 5.56 Å². The van der Waals surface area contributed by atoms with Crippen molar-refractivity contribution in [1.82, 2.24) is 14.1 Å². The number of nitriles is 1. The number of benzene rings is 3. The number of pyridine rings is 1. The zero-order chi connectivity index (χ0) is 24.1. The number of aromatic nitrogens is 3. The zero-order valence-corrected chi connectivity index (χ0v) is 20.2. The van der Waals surface area contributed by atoms with Crippen LogP contribution in [0.5, 0.6) is 0 Å². The number of fused-ring (bicyclic) bond motifs is 1. The smallest absolute Gasteiger partial charge is 0.251 e. The van der Waals surface area contributed by atoms with Gasteiger partial charge in [0.2, 0.25) is 0 Å². The van der Waals surface area contributed by atoms with E-state index in [0.29, 0.717) is 10.6 Å². The number of hydrogen-bond acceptors (Lipinski definition) is 4. The van der Waals surface area contributed by atoms with Gasteiger partial charge in [0.15, 0.2) is 0 Å². The van der Waals surface area contributed by atoms with Gasteiger partial charge < -0.3 is 9.13 Å². The topological polar surface area (TPSA) is 63.6 Å². The summed E-state index contributed by atoms with van der Waals surface area (Å²) in [6.45, 7) is 0. The first kappa shape index (κ1) is 23.4. The van der Waals surface area contributed by atoms with E-state index in [1.807, 2.05) is 72.4 Å². The second-order valence-electron chi connectivity index (χ2n) is 7.61. The van der Waals surface area contributed by atoms with Gasteiger partial charge in [0, 0.05) is 52.8 Å². The first-order valence-electron chi connectivity index (χ1n) is 10.4. The maximum atomic E-state index is 12.5. The fourth-order valence-corrected chi connectivity index (χ4v) is 4.45. The molecule has 0 aliphatic rings. The third-order valence-corrected chi connectivity index (χ3v) is 6.46. The monoisotopic (exact) mass is 484 g/mol. The molecule has 5 aromatic rings. The lowest BCUT2D eigenvalue weighted by Crippen LogP contribution is -2.16. The molecule has 2 heterocycles. The molecule has 3 aromatic carbocycles. The first-order valence-corrected chi connectivity index (χ1v) is 11.6. The van der Waals surface area contributed by atoms with Gasteiger partial charge in [-0.2, -0.15) is 5.26 Å². The fraction of sp³-hybridized carbons (Fsp3) is 0.0741. The van der Waals surface area contributed by atoms with Gasteiger partial charge >= 0.3 is 0 Å². The molecule has 34 heavy (non-hydrogen) atoms. The number of aryl methyl sites for hydroxylation is 2. The summed E-state index contributed by atoms with van der Waals surface area (Å²) < 4.78 is 3.53. The highest BCUT2D eigenvalue weighted by Crippen LogP contribution is 2.34. The molecule has 0 bridgehead atoms. The van der Waals surface area contributed by atoms with Crippen LogP contribution >= 0.6 is 23.4 Å². The van der Waals surface area contributed by atoms with Crippen molar-refractivity contribution in [3.05, 3.63) is 112 Å². The molecule has 0 saturated heterocycles. The Morgan fingerprint density at radius 2 is 1.74 bits per heavy atom. The summed E-state index contributed by atoms with van der Waals surface area (Å²) in [6, 6.07) is 24.9.